The zero-order valence-electron chi connectivity index (χ0n) is 14.9. The van der Waals surface area contributed by atoms with Gasteiger partial charge in [0.15, 0.2) is 0 Å². The Bertz CT molecular complexity index is 787. The number of hydrogen-bond donors (Lipinski definition) is 1. The van der Waals surface area contributed by atoms with E-state index < -0.39 is 10.0 Å². The first-order valence-electron chi connectivity index (χ1n) is 8.47. The van der Waals surface area contributed by atoms with Crippen molar-refractivity contribution < 1.29 is 12.8 Å². The maximum atomic E-state index is 13.7. The van der Waals surface area contributed by atoms with Gasteiger partial charge in [0.25, 0.3) is 0 Å². The Kier molecular flexibility index (Phi) is 6.70. The highest BCUT2D eigenvalue weighted by Crippen LogP contribution is 2.20. The van der Waals surface area contributed by atoms with Gasteiger partial charge in [0.1, 0.15) is 5.82 Å². The number of halogens is 1. The molecule has 0 saturated carbocycles. The van der Waals surface area contributed by atoms with Crippen LogP contribution >= 0.6 is 0 Å². The topological polar surface area (TPSA) is 49.4 Å². The van der Waals surface area contributed by atoms with Crippen molar-refractivity contribution in [3.05, 3.63) is 65.5 Å². The summed E-state index contributed by atoms with van der Waals surface area (Å²) < 4.78 is 40.1. The fourth-order valence-electron chi connectivity index (χ4n) is 2.66. The van der Waals surface area contributed by atoms with Crippen LogP contribution in [-0.4, -0.2) is 25.8 Å². The lowest BCUT2D eigenvalue weighted by atomic mass is 10.1. The van der Waals surface area contributed by atoms with Gasteiger partial charge >= 0.3 is 0 Å². The molecular weight excluding hydrogens is 339 g/mol. The Labute approximate surface area is 149 Å². The van der Waals surface area contributed by atoms with Crippen molar-refractivity contribution in [3.63, 3.8) is 0 Å². The first-order valence-corrected chi connectivity index (χ1v) is 9.91. The number of benzene rings is 2. The second-order valence-corrected chi connectivity index (χ2v) is 7.79. The van der Waals surface area contributed by atoms with Gasteiger partial charge in [-0.3, -0.25) is 0 Å². The van der Waals surface area contributed by atoms with Crippen molar-refractivity contribution in [2.75, 3.05) is 13.1 Å². The van der Waals surface area contributed by atoms with Gasteiger partial charge in [-0.1, -0.05) is 44.2 Å². The molecule has 0 aromatic heterocycles. The van der Waals surface area contributed by atoms with Gasteiger partial charge in [0, 0.05) is 31.2 Å². The molecule has 2 aromatic rings. The van der Waals surface area contributed by atoms with Crippen molar-refractivity contribution in [2.45, 2.75) is 38.3 Å². The van der Waals surface area contributed by atoms with Crippen LogP contribution in [0.15, 0.2) is 53.4 Å². The molecule has 0 aliphatic rings. The second kappa shape index (κ2) is 8.56. The highest BCUT2D eigenvalue weighted by molar-refractivity contribution is 7.89. The van der Waals surface area contributed by atoms with E-state index in [2.05, 4.69) is 5.32 Å². The third-order valence-electron chi connectivity index (χ3n) is 4.28. The van der Waals surface area contributed by atoms with Crippen LogP contribution < -0.4 is 5.32 Å². The molecule has 1 N–H and O–H groups in total. The molecule has 6 heteroatoms. The predicted molar refractivity (Wildman–Crippen MR) is 98.2 cm³/mol. The van der Waals surface area contributed by atoms with Gasteiger partial charge in [-0.15, -0.1) is 0 Å². The zero-order chi connectivity index (χ0) is 18.4. The number of nitrogens with zero attached hydrogens (tertiary/aromatic N) is 1. The summed E-state index contributed by atoms with van der Waals surface area (Å²) in [6.07, 6.45) is 0. The fraction of sp³-hybridized carbons (Fsp3) is 0.368. The summed E-state index contributed by atoms with van der Waals surface area (Å²) in [6.45, 7) is 6.92. The molecule has 0 radical (unpaired) electrons. The smallest absolute Gasteiger partial charge is 0.243 e. The largest absolute Gasteiger partial charge is 0.306 e. The van der Waals surface area contributed by atoms with Crippen LogP contribution in [0.25, 0.3) is 0 Å². The fourth-order valence-corrected chi connectivity index (χ4v) is 4.12. The van der Waals surface area contributed by atoms with Crippen molar-refractivity contribution in [3.8, 4) is 0 Å². The minimum absolute atomic E-state index is 0.0233. The van der Waals surface area contributed by atoms with Gasteiger partial charge in [-0.2, -0.15) is 4.31 Å². The van der Waals surface area contributed by atoms with Gasteiger partial charge in [0.2, 0.25) is 10.0 Å². The monoisotopic (exact) mass is 364 g/mol. The molecule has 0 amide bonds. The molecule has 0 aliphatic carbocycles. The molecule has 0 aliphatic heterocycles. The van der Waals surface area contributed by atoms with Crippen LogP contribution in [0, 0.1) is 5.82 Å². The van der Waals surface area contributed by atoms with Crippen LogP contribution in [-0.2, 0) is 16.6 Å². The maximum absolute atomic E-state index is 13.7. The summed E-state index contributed by atoms with van der Waals surface area (Å²) in [7, 11) is -3.44. The standard InChI is InChI=1S/C19H25FN2O2S/c1-4-22(5-2)25(23,24)18-12-10-16(11-13-18)15(3)21-14-17-8-6-7-9-19(17)20/h6-13,15,21H,4-5,14H2,1-3H3/t15-/m1/s1. The molecule has 0 bridgehead atoms. The Morgan fingerprint density at radius 3 is 2.20 bits per heavy atom. The molecule has 25 heavy (non-hydrogen) atoms. The van der Waals surface area contributed by atoms with E-state index in [0.717, 1.165) is 5.56 Å². The molecule has 2 aromatic carbocycles. The van der Waals surface area contributed by atoms with Crippen LogP contribution in [0.5, 0.6) is 0 Å². The van der Waals surface area contributed by atoms with Gasteiger partial charge in [0.05, 0.1) is 4.90 Å². The van der Waals surface area contributed by atoms with Crippen molar-refractivity contribution in [1.29, 1.82) is 0 Å². The van der Waals surface area contributed by atoms with E-state index >= 15 is 0 Å². The van der Waals surface area contributed by atoms with E-state index in [1.165, 1.54) is 10.4 Å². The average molecular weight is 364 g/mol. The Morgan fingerprint density at radius 2 is 1.64 bits per heavy atom. The summed E-state index contributed by atoms with van der Waals surface area (Å²) in [5, 5.41) is 3.26. The minimum atomic E-state index is -3.44. The number of hydrogen-bond acceptors (Lipinski definition) is 3. The van der Waals surface area contributed by atoms with Crippen molar-refractivity contribution in [2.24, 2.45) is 0 Å². The number of rotatable bonds is 8. The van der Waals surface area contributed by atoms with Crippen molar-refractivity contribution >= 4 is 10.0 Å². The molecule has 0 unspecified atom stereocenters. The maximum Gasteiger partial charge on any atom is 0.243 e. The average Bonchev–Trinajstić information content (AvgIpc) is 2.61. The second-order valence-electron chi connectivity index (χ2n) is 5.85. The highest BCUT2D eigenvalue weighted by atomic mass is 32.2. The first kappa shape index (κ1) is 19.6. The van der Waals surface area contributed by atoms with E-state index in [9.17, 15) is 12.8 Å². The van der Waals surface area contributed by atoms with E-state index in [1.807, 2.05) is 20.8 Å². The summed E-state index contributed by atoms with van der Waals surface area (Å²) in [4.78, 5) is 0.293. The Morgan fingerprint density at radius 1 is 1.04 bits per heavy atom. The van der Waals surface area contributed by atoms with E-state index in [4.69, 9.17) is 0 Å². The summed E-state index contributed by atoms with van der Waals surface area (Å²) in [6, 6.07) is 13.5. The van der Waals surface area contributed by atoms with Gasteiger partial charge < -0.3 is 5.32 Å². The molecule has 2 rings (SSSR count). The summed E-state index contributed by atoms with van der Waals surface area (Å²) >= 11 is 0. The van der Waals surface area contributed by atoms with Crippen molar-refractivity contribution in [1.82, 2.24) is 9.62 Å². The van der Waals surface area contributed by atoms with Gasteiger partial charge in [-0.25, -0.2) is 12.8 Å². The molecule has 0 fully saturated rings. The van der Waals surface area contributed by atoms with Crippen LogP contribution in [0.4, 0.5) is 4.39 Å². The lowest BCUT2D eigenvalue weighted by Gasteiger charge is -2.19. The predicted octanol–water partition coefficient (Wildman–Crippen LogP) is 3.71. The highest BCUT2D eigenvalue weighted by Gasteiger charge is 2.21. The third kappa shape index (κ3) is 4.66. The molecule has 0 heterocycles. The van der Waals surface area contributed by atoms with Gasteiger partial charge in [-0.05, 0) is 30.7 Å². The molecule has 4 nitrogen and oxygen atoms in total. The minimum Gasteiger partial charge on any atom is -0.306 e. The van der Waals surface area contributed by atoms with E-state index in [-0.39, 0.29) is 11.9 Å². The number of sulfonamides is 1. The lowest BCUT2D eigenvalue weighted by Crippen LogP contribution is -2.30. The molecule has 136 valence electrons. The lowest BCUT2D eigenvalue weighted by molar-refractivity contribution is 0.445. The zero-order valence-corrected chi connectivity index (χ0v) is 15.7. The SMILES string of the molecule is CCN(CC)S(=O)(=O)c1ccc([C@@H](C)NCc2ccccc2F)cc1. The third-order valence-corrected chi connectivity index (χ3v) is 6.34. The Hall–Kier alpha value is -1.76. The van der Waals surface area contributed by atoms with Crippen LogP contribution in [0.1, 0.15) is 37.9 Å². The first-order chi connectivity index (χ1) is 11.9. The number of nitrogens with one attached hydrogen (secondary N) is 1. The van der Waals surface area contributed by atoms with Crippen LogP contribution in [0.2, 0.25) is 0 Å². The quantitative estimate of drug-likeness (QED) is 0.777. The molecule has 0 saturated heterocycles. The van der Waals surface area contributed by atoms with E-state index in [0.29, 0.717) is 30.1 Å². The molecule has 1 atom stereocenters. The molecular formula is C19H25FN2O2S. The summed E-state index contributed by atoms with van der Waals surface area (Å²) in [5.74, 6) is -0.233. The normalized spacial score (nSPS) is 13.2. The van der Waals surface area contributed by atoms with Crippen LogP contribution in [0.3, 0.4) is 0 Å². The molecule has 0 spiro atoms. The Balaban J connectivity index is 2.08. The van der Waals surface area contributed by atoms with E-state index in [1.54, 1.807) is 42.5 Å². The summed E-state index contributed by atoms with van der Waals surface area (Å²) in [5.41, 5.74) is 1.56.